The van der Waals surface area contributed by atoms with Crippen LogP contribution in [0.2, 0.25) is 0 Å². The van der Waals surface area contributed by atoms with Gasteiger partial charge in [-0.3, -0.25) is 4.79 Å². The predicted molar refractivity (Wildman–Crippen MR) is 108 cm³/mol. The molecule has 0 aliphatic carbocycles. The fourth-order valence-electron chi connectivity index (χ4n) is 3.66. The summed E-state index contributed by atoms with van der Waals surface area (Å²) >= 11 is 0. The Kier molecular flexibility index (Phi) is 6.69. The van der Waals surface area contributed by atoms with E-state index in [4.69, 9.17) is 9.47 Å². The van der Waals surface area contributed by atoms with Crippen molar-refractivity contribution in [2.24, 2.45) is 11.8 Å². The molecule has 5 heteroatoms. The van der Waals surface area contributed by atoms with Gasteiger partial charge in [-0.2, -0.15) is 0 Å². The molecule has 3 rings (SSSR count). The first-order valence-corrected chi connectivity index (χ1v) is 9.73. The largest absolute Gasteiger partial charge is 0.482 e. The summed E-state index contributed by atoms with van der Waals surface area (Å²) in [5.74, 6) is 0.857. The zero-order valence-corrected chi connectivity index (χ0v) is 16.5. The maximum Gasteiger partial charge on any atom is 0.344 e. The Morgan fingerprint density at radius 1 is 0.893 bits per heavy atom. The van der Waals surface area contributed by atoms with E-state index in [2.05, 4.69) is 13.8 Å². The number of hydrogen-bond donors (Lipinski definition) is 0. The van der Waals surface area contributed by atoms with Gasteiger partial charge in [0, 0.05) is 13.1 Å². The molecule has 1 aliphatic rings. The summed E-state index contributed by atoms with van der Waals surface area (Å²) in [5, 5.41) is 0. The maximum atomic E-state index is 12.2. The second-order valence-corrected chi connectivity index (χ2v) is 7.58. The molecule has 0 saturated carbocycles. The van der Waals surface area contributed by atoms with Gasteiger partial charge in [0.15, 0.2) is 13.2 Å². The van der Waals surface area contributed by atoms with Crippen molar-refractivity contribution >= 4 is 11.9 Å². The van der Waals surface area contributed by atoms with Gasteiger partial charge in [-0.15, -0.1) is 0 Å². The molecule has 1 saturated heterocycles. The second kappa shape index (κ2) is 9.40. The second-order valence-electron chi connectivity index (χ2n) is 7.58. The minimum absolute atomic E-state index is 0.140. The number of likely N-dealkylation sites (tertiary alicyclic amines) is 1. The lowest BCUT2D eigenvalue weighted by molar-refractivity contribution is -0.154. The first-order chi connectivity index (χ1) is 13.5. The number of carbonyl (C=O) groups excluding carboxylic acids is 2. The molecule has 0 N–H and O–H groups in total. The van der Waals surface area contributed by atoms with E-state index < -0.39 is 5.97 Å². The third kappa shape index (κ3) is 5.59. The highest BCUT2D eigenvalue weighted by Crippen LogP contribution is 2.22. The van der Waals surface area contributed by atoms with Crippen molar-refractivity contribution in [2.75, 3.05) is 26.3 Å². The molecule has 5 nitrogen and oxygen atoms in total. The molecule has 1 heterocycles. The fourth-order valence-corrected chi connectivity index (χ4v) is 3.66. The minimum Gasteiger partial charge on any atom is -0.482 e. The smallest absolute Gasteiger partial charge is 0.344 e. The molecule has 0 unspecified atom stereocenters. The molecule has 1 fully saturated rings. The van der Waals surface area contributed by atoms with Crippen molar-refractivity contribution in [3.05, 3.63) is 54.6 Å². The lowest BCUT2D eigenvalue weighted by Crippen LogP contribution is -2.44. The highest BCUT2D eigenvalue weighted by atomic mass is 16.6. The predicted octanol–water partition coefficient (Wildman–Crippen LogP) is 3.78. The van der Waals surface area contributed by atoms with E-state index in [9.17, 15) is 9.59 Å². The van der Waals surface area contributed by atoms with Gasteiger partial charge in [-0.1, -0.05) is 56.3 Å². The van der Waals surface area contributed by atoms with Crippen LogP contribution in [0.3, 0.4) is 0 Å². The number of esters is 1. The molecule has 0 bridgehead atoms. The zero-order chi connectivity index (χ0) is 19.9. The lowest BCUT2D eigenvalue weighted by Gasteiger charge is -2.34. The van der Waals surface area contributed by atoms with Crippen LogP contribution in [0.1, 0.15) is 20.3 Å². The van der Waals surface area contributed by atoms with Crippen LogP contribution in [-0.4, -0.2) is 43.1 Å². The first-order valence-electron chi connectivity index (χ1n) is 9.73. The van der Waals surface area contributed by atoms with Crippen LogP contribution in [0, 0.1) is 11.8 Å². The molecule has 0 radical (unpaired) electrons. The summed E-state index contributed by atoms with van der Waals surface area (Å²) in [6.07, 6.45) is 1.13. The summed E-state index contributed by atoms with van der Waals surface area (Å²) in [4.78, 5) is 25.9. The molecule has 148 valence electrons. The standard InChI is InChI=1S/C23H27NO4/c1-17-12-18(2)14-24(13-17)22(25)15-28-23(26)16-27-21-10-8-20(9-11-21)19-6-4-3-5-7-19/h3-11,17-18H,12-16H2,1-2H3/t17-,18-/m0/s1. The molecule has 2 aromatic rings. The summed E-state index contributed by atoms with van der Waals surface area (Å²) in [6.45, 7) is 5.28. The van der Waals surface area contributed by atoms with Crippen LogP contribution in [0.25, 0.3) is 11.1 Å². The van der Waals surface area contributed by atoms with E-state index in [0.717, 1.165) is 30.6 Å². The highest BCUT2D eigenvalue weighted by molar-refractivity contribution is 5.81. The number of carbonyl (C=O) groups is 2. The van der Waals surface area contributed by atoms with Crippen molar-refractivity contribution in [1.82, 2.24) is 4.90 Å². The van der Waals surface area contributed by atoms with E-state index in [1.54, 1.807) is 4.90 Å². The molecular formula is C23H27NO4. The van der Waals surface area contributed by atoms with E-state index >= 15 is 0 Å². The van der Waals surface area contributed by atoms with E-state index in [1.807, 2.05) is 54.6 Å². The van der Waals surface area contributed by atoms with E-state index in [1.165, 1.54) is 0 Å². The average molecular weight is 381 g/mol. The summed E-state index contributed by atoms with van der Waals surface area (Å²) in [7, 11) is 0. The van der Waals surface area contributed by atoms with E-state index in [-0.39, 0.29) is 19.1 Å². The quantitative estimate of drug-likeness (QED) is 0.715. The molecule has 28 heavy (non-hydrogen) atoms. The van der Waals surface area contributed by atoms with Crippen molar-refractivity contribution in [2.45, 2.75) is 20.3 Å². The molecule has 1 amide bonds. The van der Waals surface area contributed by atoms with Crippen LogP contribution in [-0.2, 0) is 14.3 Å². The van der Waals surface area contributed by atoms with Crippen LogP contribution < -0.4 is 4.74 Å². The number of rotatable bonds is 6. The number of hydrogen-bond acceptors (Lipinski definition) is 4. The topological polar surface area (TPSA) is 55.8 Å². The van der Waals surface area contributed by atoms with Gasteiger partial charge >= 0.3 is 5.97 Å². The molecule has 0 spiro atoms. The van der Waals surface area contributed by atoms with Crippen molar-refractivity contribution < 1.29 is 19.1 Å². The summed E-state index contributed by atoms with van der Waals surface area (Å²) in [6, 6.07) is 17.5. The maximum absolute atomic E-state index is 12.2. The van der Waals surface area contributed by atoms with Gasteiger partial charge in [0.2, 0.25) is 0 Å². The number of benzene rings is 2. The molecule has 2 atom stereocenters. The Morgan fingerprint density at radius 2 is 1.50 bits per heavy atom. The Bertz CT molecular complexity index is 778. The summed E-state index contributed by atoms with van der Waals surface area (Å²) < 4.78 is 10.6. The van der Waals surface area contributed by atoms with Gasteiger partial charge in [-0.25, -0.2) is 4.79 Å². The van der Waals surface area contributed by atoms with Gasteiger partial charge in [0.25, 0.3) is 5.91 Å². The van der Waals surface area contributed by atoms with Crippen molar-refractivity contribution in [3.8, 4) is 16.9 Å². The number of nitrogens with zero attached hydrogens (tertiary/aromatic N) is 1. The van der Waals surface area contributed by atoms with Gasteiger partial charge < -0.3 is 14.4 Å². The lowest BCUT2D eigenvalue weighted by atomic mass is 9.92. The number of ether oxygens (including phenoxy) is 2. The molecular weight excluding hydrogens is 354 g/mol. The van der Waals surface area contributed by atoms with E-state index in [0.29, 0.717) is 17.6 Å². The zero-order valence-electron chi connectivity index (χ0n) is 16.5. The Labute approximate surface area is 166 Å². The Balaban J connectivity index is 1.42. The van der Waals surface area contributed by atoms with Crippen LogP contribution in [0.5, 0.6) is 5.75 Å². The van der Waals surface area contributed by atoms with Crippen molar-refractivity contribution in [1.29, 1.82) is 0 Å². The number of piperidine rings is 1. The monoisotopic (exact) mass is 381 g/mol. The van der Waals surface area contributed by atoms with Crippen LogP contribution in [0.15, 0.2) is 54.6 Å². The third-order valence-electron chi connectivity index (χ3n) is 4.90. The Hall–Kier alpha value is -2.82. The third-order valence-corrected chi connectivity index (χ3v) is 4.90. The molecule has 1 aliphatic heterocycles. The molecule has 2 aromatic carbocycles. The summed E-state index contributed by atoms with van der Waals surface area (Å²) in [5.41, 5.74) is 2.19. The minimum atomic E-state index is -0.543. The Morgan fingerprint density at radius 3 is 2.14 bits per heavy atom. The van der Waals surface area contributed by atoms with Gasteiger partial charge in [0.05, 0.1) is 0 Å². The fraction of sp³-hybridized carbons (Fsp3) is 0.391. The van der Waals surface area contributed by atoms with Crippen LogP contribution in [0.4, 0.5) is 0 Å². The highest BCUT2D eigenvalue weighted by Gasteiger charge is 2.25. The first kappa shape index (κ1) is 19.9. The van der Waals surface area contributed by atoms with Gasteiger partial charge in [-0.05, 0) is 41.5 Å². The van der Waals surface area contributed by atoms with Gasteiger partial charge in [0.1, 0.15) is 5.75 Å². The number of amides is 1. The average Bonchev–Trinajstić information content (AvgIpc) is 2.71. The normalized spacial score (nSPS) is 19.1. The molecule has 0 aromatic heterocycles. The van der Waals surface area contributed by atoms with Crippen molar-refractivity contribution in [3.63, 3.8) is 0 Å². The van der Waals surface area contributed by atoms with Crippen LogP contribution >= 0.6 is 0 Å². The SMILES string of the molecule is C[C@H]1C[C@H](C)CN(C(=O)COC(=O)COc2ccc(-c3ccccc3)cc2)C1.